The average molecular weight is 213 g/mol. The van der Waals surface area contributed by atoms with Crippen LogP contribution < -0.4 is 0 Å². The maximum atomic E-state index is 10.2. The molecule has 2 rings (SSSR count). The molecule has 1 aliphatic heterocycles. The van der Waals surface area contributed by atoms with Gasteiger partial charge in [0, 0.05) is 19.6 Å². The highest BCUT2D eigenvalue weighted by molar-refractivity contribution is 4.92. The smallest absolute Gasteiger partial charge is 0.0832 e. The van der Waals surface area contributed by atoms with Crippen molar-refractivity contribution < 1.29 is 9.84 Å². The van der Waals surface area contributed by atoms with Crippen LogP contribution in [-0.2, 0) is 4.74 Å². The van der Waals surface area contributed by atoms with Gasteiger partial charge in [-0.15, -0.1) is 0 Å². The van der Waals surface area contributed by atoms with Crippen LogP contribution in [-0.4, -0.2) is 47.4 Å². The van der Waals surface area contributed by atoms with Crippen LogP contribution in [0, 0.1) is 0 Å². The summed E-state index contributed by atoms with van der Waals surface area (Å²) in [6, 6.07) is 0. The molecule has 0 amide bonds. The van der Waals surface area contributed by atoms with Crippen molar-refractivity contribution in [3.05, 3.63) is 0 Å². The van der Waals surface area contributed by atoms with E-state index in [0.29, 0.717) is 12.2 Å². The molecule has 3 heteroatoms. The number of hydrogen-bond acceptors (Lipinski definition) is 3. The highest BCUT2D eigenvalue weighted by Crippen LogP contribution is 2.31. The fourth-order valence-corrected chi connectivity index (χ4v) is 2.73. The van der Waals surface area contributed by atoms with Gasteiger partial charge >= 0.3 is 0 Å². The Labute approximate surface area is 92.4 Å². The van der Waals surface area contributed by atoms with Gasteiger partial charge in [0.25, 0.3) is 0 Å². The van der Waals surface area contributed by atoms with Crippen LogP contribution in [0.1, 0.15) is 39.5 Å². The Bertz CT molecular complexity index is 206. The summed E-state index contributed by atoms with van der Waals surface area (Å²) in [7, 11) is 0. The van der Waals surface area contributed by atoms with E-state index in [1.54, 1.807) is 0 Å². The van der Waals surface area contributed by atoms with Crippen molar-refractivity contribution in [3.8, 4) is 0 Å². The van der Waals surface area contributed by atoms with Crippen molar-refractivity contribution in [1.82, 2.24) is 4.90 Å². The fraction of sp³-hybridized carbons (Fsp3) is 1.00. The van der Waals surface area contributed by atoms with Gasteiger partial charge in [0.15, 0.2) is 0 Å². The van der Waals surface area contributed by atoms with Crippen molar-refractivity contribution in [3.63, 3.8) is 0 Å². The Hall–Kier alpha value is -0.120. The molecule has 2 fully saturated rings. The number of rotatable bonds is 4. The lowest BCUT2D eigenvalue weighted by Gasteiger charge is -2.43. The Morgan fingerprint density at radius 1 is 1.33 bits per heavy atom. The highest BCUT2D eigenvalue weighted by Gasteiger charge is 2.37. The number of nitrogens with zero attached hydrogens (tertiary/aromatic N) is 1. The molecule has 1 saturated heterocycles. The third-order valence-electron chi connectivity index (χ3n) is 3.44. The summed E-state index contributed by atoms with van der Waals surface area (Å²) in [5, 5.41) is 10.2. The standard InChI is InChI=1S/C12H23NO2/c1-10(2)15-11-7-13(8-11)9-12(14)5-3-4-6-12/h10-11,14H,3-9H2,1-2H3. The van der Waals surface area contributed by atoms with E-state index < -0.39 is 0 Å². The van der Waals surface area contributed by atoms with Crippen LogP contribution in [0.4, 0.5) is 0 Å². The molecule has 0 radical (unpaired) electrons. The van der Waals surface area contributed by atoms with Crippen molar-refractivity contribution in [2.75, 3.05) is 19.6 Å². The molecule has 1 saturated carbocycles. The van der Waals surface area contributed by atoms with Crippen LogP contribution in [0.25, 0.3) is 0 Å². The first-order chi connectivity index (χ1) is 7.07. The van der Waals surface area contributed by atoms with Crippen molar-refractivity contribution in [2.45, 2.75) is 57.3 Å². The molecule has 0 aromatic carbocycles. The van der Waals surface area contributed by atoms with Crippen LogP contribution in [0.5, 0.6) is 0 Å². The quantitative estimate of drug-likeness (QED) is 0.766. The molecule has 0 atom stereocenters. The molecule has 0 aromatic heterocycles. The number of hydrogen-bond donors (Lipinski definition) is 1. The molecule has 3 nitrogen and oxygen atoms in total. The number of likely N-dealkylation sites (tertiary alicyclic amines) is 1. The number of ether oxygens (including phenoxy) is 1. The number of aliphatic hydroxyl groups is 1. The normalized spacial score (nSPS) is 27.2. The Balaban J connectivity index is 1.67. The van der Waals surface area contributed by atoms with Gasteiger partial charge in [-0.2, -0.15) is 0 Å². The van der Waals surface area contributed by atoms with E-state index >= 15 is 0 Å². The van der Waals surface area contributed by atoms with Crippen LogP contribution in [0.3, 0.4) is 0 Å². The van der Waals surface area contributed by atoms with Gasteiger partial charge < -0.3 is 9.84 Å². The van der Waals surface area contributed by atoms with E-state index in [2.05, 4.69) is 18.7 Å². The zero-order valence-corrected chi connectivity index (χ0v) is 9.91. The largest absolute Gasteiger partial charge is 0.389 e. The maximum Gasteiger partial charge on any atom is 0.0832 e. The Morgan fingerprint density at radius 2 is 1.93 bits per heavy atom. The topological polar surface area (TPSA) is 32.7 Å². The molecule has 88 valence electrons. The molecule has 2 aliphatic rings. The molecule has 0 unspecified atom stereocenters. The summed E-state index contributed by atoms with van der Waals surface area (Å²) in [5.74, 6) is 0. The predicted octanol–water partition coefficient (Wildman–Crippen LogP) is 1.40. The van der Waals surface area contributed by atoms with E-state index in [0.717, 1.165) is 32.5 Å². The average Bonchev–Trinajstić information content (AvgIpc) is 2.48. The minimum absolute atomic E-state index is 0.326. The predicted molar refractivity (Wildman–Crippen MR) is 59.9 cm³/mol. The Kier molecular flexibility index (Phi) is 3.33. The first kappa shape index (κ1) is 11.4. The van der Waals surface area contributed by atoms with Crippen molar-refractivity contribution >= 4 is 0 Å². The SMILES string of the molecule is CC(C)OC1CN(CC2(O)CCCC2)C1. The molecular formula is C12H23NO2. The summed E-state index contributed by atoms with van der Waals surface area (Å²) in [6.45, 7) is 7.01. The van der Waals surface area contributed by atoms with Gasteiger partial charge in [-0.05, 0) is 26.7 Å². The second-order valence-electron chi connectivity index (χ2n) is 5.43. The first-order valence-corrected chi connectivity index (χ1v) is 6.18. The molecule has 0 spiro atoms. The second-order valence-corrected chi connectivity index (χ2v) is 5.43. The van der Waals surface area contributed by atoms with Crippen LogP contribution in [0.15, 0.2) is 0 Å². The van der Waals surface area contributed by atoms with E-state index in [1.165, 1.54) is 12.8 Å². The third kappa shape index (κ3) is 2.92. The zero-order valence-electron chi connectivity index (χ0n) is 9.91. The van der Waals surface area contributed by atoms with Crippen LogP contribution in [0.2, 0.25) is 0 Å². The van der Waals surface area contributed by atoms with E-state index in [9.17, 15) is 5.11 Å². The zero-order chi connectivity index (χ0) is 10.9. The molecule has 0 bridgehead atoms. The first-order valence-electron chi connectivity index (χ1n) is 6.18. The molecule has 1 N–H and O–H groups in total. The lowest BCUT2D eigenvalue weighted by molar-refractivity contribution is -0.105. The molecule has 1 heterocycles. The summed E-state index contributed by atoms with van der Waals surface area (Å²) in [4.78, 5) is 2.32. The van der Waals surface area contributed by atoms with Gasteiger partial charge in [-0.1, -0.05) is 12.8 Å². The summed E-state index contributed by atoms with van der Waals surface area (Å²) < 4.78 is 5.69. The van der Waals surface area contributed by atoms with Gasteiger partial charge in [0.05, 0.1) is 17.8 Å². The lowest BCUT2D eigenvalue weighted by Crippen LogP contribution is -2.57. The Morgan fingerprint density at radius 3 is 2.47 bits per heavy atom. The summed E-state index contributed by atoms with van der Waals surface area (Å²) in [5.41, 5.74) is -0.386. The fourth-order valence-electron chi connectivity index (χ4n) is 2.73. The minimum Gasteiger partial charge on any atom is -0.389 e. The van der Waals surface area contributed by atoms with Crippen LogP contribution >= 0.6 is 0 Å². The monoisotopic (exact) mass is 213 g/mol. The molecule has 1 aliphatic carbocycles. The second kappa shape index (κ2) is 4.40. The third-order valence-corrected chi connectivity index (χ3v) is 3.44. The van der Waals surface area contributed by atoms with Crippen molar-refractivity contribution in [1.29, 1.82) is 0 Å². The minimum atomic E-state index is -0.386. The van der Waals surface area contributed by atoms with Gasteiger partial charge in [-0.25, -0.2) is 0 Å². The lowest BCUT2D eigenvalue weighted by atomic mass is 9.99. The van der Waals surface area contributed by atoms with E-state index in [4.69, 9.17) is 4.74 Å². The molecule has 15 heavy (non-hydrogen) atoms. The van der Waals surface area contributed by atoms with Gasteiger partial charge in [0.1, 0.15) is 0 Å². The molecular weight excluding hydrogens is 190 g/mol. The van der Waals surface area contributed by atoms with Gasteiger partial charge in [-0.3, -0.25) is 4.90 Å². The number of β-amino-alcohol motifs (C(OH)–C–C–N with tert-alkyl or cyclic N) is 1. The van der Waals surface area contributed by atoms with Gasteiger partial charge in [0.2, 0.25) is 0 Å². The summed E-state index contributed by atoms with van der Waals surface area (Å²) in [6.07, 6.45) is 5.08. The van der Waals surface area contributed by atoms with E-state index in [1.807, 2.05) is 0 Å². The maximum absolute atomic E-state index is 10.2. The van der Waals surface area contributed by atoms with E-state index in [-0.39, 0.29) is 5.60 Å². The summed E-state index contributed by atoms with van der Waals surface area (Å²) >= 11 is 0. The molecule has 0 aromatic rings. The van der Waals surface area contributed by atoms with Crippen molar-refractivity contribution in [2.24, 2.45) is 0 Å². The highest BCUT2D eigenvalue weighted by atomic mass is 16.5.